The largest absolute Gasteiger partial charge is 0.389 e. The smallest absolute Gasteiger partial charge is 0.181 e. The SMILES string of the molecule is CCC(O)(CC)CSc1sc(N)nc1C. The Morgan fingerprint density at radius 2 is 2.07 bits per heavy atom. The highest BCUT2D eigenvalue weighted by atomic mass is 32.2. The quantitative estimate of drug-likeness (QED) is 0.784. The molecule has 3 nitrogen and oxygen atoms in total. The number of thioether (sulfide) groups is 1. The molecular formula is C10H18N2OS2. The Morgan fingerprint density at radius 1 is 1.47 bits per heavy atom. The van der Waals surface area contributed by atoms with Gasteiger partial charge in [0, 0.05) is 5.75 Å². The lowest BCUT2D eigenvalue weighted by molar-refractivity contribution is 0.0572. The van der Waals surface area contributed by atoms with Gasteiger partial charge in [0.2, 0.25) is 0 Å². The molecule has 3 N–H and O–H groups in total. The van der Waals surface area contributed by atoms with Crippen molar-refractivity contribution >= 4 is 28.2 Å². The number of aryl methyl sites for hydroxylation is 1. The molecule has 0 amide bonds. The van der Waals surface area contributed by atoms with E-state index >= 15 is 0 Å². The van der Waals surface area contributed by atoms with Crippen LogP contribution in [0.3, 0.4) is 0 Å². The predicted octanol–water partition coefficient (Wildman–Crippen LogP) is 2.68. The van der Waals surface area contributed by atoms with Crippen LogP contribution in [0.5, 0.6) is 0 Å². The van der Waals surface area contributed by atoms with E-state index in [0.717, 1.165) is 22.7 Å². The van der Waals surface area contributed by atoms with Crippen molar-refractivity contribution in [1.29, 1.82) is 0 Å². The average molecular weight is 246 g/mol. The molecule has 0 fully saturated rings. The van der Waals surface area contributed by atoms with Gasteiger partial charge < -0.3 is 10.8 Å². The van der Waals surface area contributed by atoms with Crippen molar-refractivity contribution in [2.75, 3.05) is 11.5 Å². The first-order valence-electron chi connectivity index (χ1n) is 5.09. The Labute approximate surface area is 99.1 Å². The Hall–Kier alpha value is -0.260. The summed E-state index contributed by atoms with van der Waals surface area (Å²) in [6.07, 6.45) is 1.56. The van der Waals surface area contributed by atoms with Gasteiger partial charge in [0.1, 0.15) is 0 Å². The lowest BCUT2D eigenvalue weighted by Gasteiger charge is -2.24. The number of hydrogen-bond acceptors (Lipinski definition) is 5. The van der Waals surface area contributed by atoms with Crippen LogP contribution in [-0.2, 0) is 0 Å². The summed E-state index contributed by atoms with van der Waals surface area (Å²) < 4.78 is 1.12. The maximum Gasteiger partial charge on any atom is 0.181 e. The number of hydrogen-bond donors (Lipinski definition) is 2. The van der Waals surface area contributed by atoms with Gasteiger partial charge in [-0.1, -0.05) is 25.2 Å². The van der Waals surface area contributed by atoms with Crippen LogP contribution in [0.15, 0.2) is 4.21 Å². The van der Waals surface area contributed by atoms with Crippen molar-refractivity contribution in [1.82, 2.24) is 4.98 Å². The van der Waals surface area contributed by atoms with Crippen molar-refractivity contribution in [3.63, 3.8) is 0 Å². The number of nitrogen functional groups attached to an aromatic ring is 1. The van der Waals surface area contributed by atoms with Crippen molar-refractivity contribution in [2.45, 2.75) is 43.4 Å². The van der Waals surface area contributed by atoms with E-state index < -0.39 is 5.60 Å². The summed E-state index contributed by atoms with van der Waals surface area (Å²) in [6, 6.07) is 0. The number of aliphatic hydroxyl groups is 1. The first-order valence-corrected chi connectivity index (χ1v) is 6.89. The fraction of sp³-hybridized carbons (Fsp3) is 0.700. The van der Waals surface area contributed by atoms with E-state index in [4.69, 9.17) is 5.73 Å². The summed E-state index contributed by atoms with van der Waals surface area (Å²) >= 11 is 3.14. The van der Waals surface area contributed by atoms with E-state index in [2.05, 4.69) is 4.98 Å². The van der Waals surface area contributed by atoms with Gasteiger partial charge in [-0.3, -0.25) is 0 Å². The van der Waals surface area contributed by atoms with Crippen LogP contribution in [0.1, 0.15) is 32.4 Å². The van der Waals surface area contributed by atoms with Crippen molar-refractivity contribution < 1.29 is 5.11 Å². The van der Waals surface area contributed by atoms with Crippen LogP contribution < -0.4 is 5.73 Å². The summed E-state index contributed by atoms with van der Waals surface area (Å²) in [6.45, 7) is 5.97. The molecule has 0 saturated carbocycles. The maximum absolute atomic E-state index is 10.1. The number of thiazole rings is 1. The first-order chi connectivity index (χ1) is 7.00. The minimum atomic E-state index is -0.560. The highest BCUT2D eigenvalue weighted by Gasteiger charge is 2.23. The van der Waals surface area contributed by atoms with Gasteiger partial charge in [-0.2, -0.15) is 0 Å². The van der Waals surface area contributed by atoms with Gasteiger partial charge in [0.25, 0.3) is 0 Å². The van der Waals surface area contributed by atoms with E-state index in [1.54, 1.807) is 11.8 Å². The Balaban J connectivity index is 2.60. The van der Waals surface area contributed by atoms with Gasteiger partial charge in [-0.05, 0) is 19.8 Å². The molecule has 0 radical (unpaired) electrons. The van der Waals surface area contributed by atoms with Crippen molar-refractivity contribution in [2.24, 2.45) is 0 Å². The van der Waals surface area contributed by atoms with Gasteiger partial charge in [-0.15, -0.1) is 11.8 Å². The molecule has 1 aromatic heterocycles. The molecule has 0 spiro atoms. The monoisotopic (exact) mass is 246 g/mol. The van der Waals surface area contributed by atoms with Crippen LogP contribution in [0, 0.1) is 6.92 Å². The third-order valence-electron chi connectivity index (χ3n) is 2.56. The zero-order chi connectivity index (χ0) is 11.5. The number of nitrogens with zero attached hydrogens (tertiary/aromatic N) is 1. The summed E-state index contributed by atoms with van der Waals surface area (Å²) in [5.41, 5.74) is 6.03. The molecule has 0 aliphatic heterocycles. The molecule has 1 heterocycles. The zero-order valence-corrected chi connectivity index (χ0v) is 11.0. The molecule has 0 saturated heterocycles. The van der Waals surface area contributed by atoms with E-state index in [0.29, 0.717) is 10.9 Å². The lowest BCUT2D eigenvalue weighted by Crippen LogP contribution is -2.29. The molecular weight excluding hydrogens is 228 g/mol. The molecule has 86 valence electrons. The molecule has 15 heavy (non-hydrogen) atoms. The first kappa shape index (κ1) is 12.8. The second-order valence-electron chi connectivity index (χ2n) is 3.65. The van der Waals surface area contributed by atoms with Crippen LogP contribution >= 0.6 is 23.1 Å². The predicted molar refractivity (Wildman–Crippen MR) is 67.5 cm³/mol. The molecule has 0 aromatic carbocycles. The number of anilines is 1. The fourth-order valence-electron chi connectivity index (χ4n) is 1.19. The van der Waals surface area contributed by atoms with Crippen LogP contribution in [0.2, 0.25) is 0 Å². The molecule has 5 heteroatoms. The molecule has 0 atom stereocenters. The molecule has 0 aliphatic carbocycles. The van der Waals surface area contributed by atoms with Gasteiger partial charge >= 0.3 is 0 Å². The van der Waals surface area contributed by atoms with Gasteiger partial charge in [-0.25, -0.2) is 4.98 Å². The zero-order valence-electron chi connectivity index (χ0n) is 9.41. The Bertz CT molecular complexity index is 321. The average Bonchev–Trinajstić information content (AvgIpc) is 2.54. The fourth-order valence-corrected chi connectivity index (χ4v) is 3.49. The van der Waals surface area contributed by atoms with Crippen molar-refractivity contribution in [3.8, 4) is 0 Å². The molecule has 0 bridgehead atoms. The highest BCUT2D eigenvalue weighted by Crippen LogP contribution is 2.33. The highest BCUT2D eigenvalue weighted by molar-refractivity contribution is 8.01. The minimum Gasteiger partial charge on any atom is -0.389 e. The van der Waals surface area contributed by atoms with E-state index in [-0.39, 0.29) is 0 Å². The van der Waals surface area contributed by atoms with Gasteiger partial charge in [0.05, 0.1) is 15.5 Å². The third-order valence-corrected chi connectivity index (χ3v) is 5.18. The number of aromatic nitrogens is 1. The Morgan fingerprint density at radius 3 is 2.47 bits per heavy atom. The van der Waals surface area contributed by atoms with E-state index in [9.17, 15) is 5.11 Å². The minimum absolute atomic E-state index is 0.560. The summed E-state index contributed by atoms with van der Waals surface area (Å²) in [4.78, 5) is 4.16. The molecule has 1 aromatic rings. The lowest BCUT2D eigenvalue weighted by atomic mass is 10.0. The van der Waals surface area contributed by atoms with Crippen LogP contribution in [0.25, 0.3) is 0 Å². The topological polar surface area (TPSA) is 59.1 Å². The number of rotatable bonds is 5. The molecule has 0 unspecified atom stereocenters. The van der Waals surface area contributed by atoms with Crippen LogP contribution in [0.4, 0.5) is 5.13 Å². The normalized spacial score (nSPS) is 12.0. The number of nitrogens with two attached hydrogens (primary N) is 1. The summed E-state index contributed by atoms with van der Waals surface area (Å²) in [5.74, 6) is 0.711. The third kappa shape index (κ3) is 3.36. The molecule has 0 aliphatic rings. The standard InChI is InChI=1S/C10H18N2OS2/c1-4-10(13,5-2)6-14-8-7(3)12-9(11)15-8/h13H,4-6H2,1-3H3,(H2,11,12). The summed E-state index contributed by atoms with van der Waals surface area (Å²) in [7, 11) is 0. The van der Waals surface area contributed by atoms with E-state index in [1.807, 2.05) is 20.8 Å². The second kappa shape index (κ2) is 5.18. The maximum atomic E-state index is 10.1. The van der Waals surface area contributed by atoms with Gasteiger partial charge in [0.15, 0.2) is 5.13 Å². The van der Waals surface area contributed by atoms with Crippen molar-refractivity contribution in [3.05, 3.63) is 5.69 Å². The Kier molecular flexibility index (Phi) is 4.43. The second-order valence-corrected chi connectivity index (χ2v) is 5.92. The molecule has 1 rings (SSSR count). The summed E-state index contributed by atoms with van der Waals surface area (Å²) in [5, 5.41) is 10.7. The van der Waals surface area contributed by atoms with Crippen LogP contribution in [-0.4, -0.2) is 21.4 Å². The van der Waals surface area contributed by atoms with E-state index in [1.165, 1.54) is 11.3 Å².